The second-order valence-corrected chi connectivity index (χ2v) is 4.35. The first-order chi connectivity index (χ1) is 9.11. The van der Waals surface area contributed by atoms with Gasteiger partial charge in [0.2, 0.25) is 0 Å². The summed E-state index contributed by atoms with van der Waals surface area (Å²) in [6, 6.07) is 0. The van der Waals surface area contributed by atoms with Gasteiger partial charge in [-0.25, -0.2) is 14.3 Å². The average Bonchev–Trinajstić information content (AvgIpc) is 2.90. The molecule has 3 heterocycles. The minimum atomic E-state index is -0.867. The van der Waals surface area contributed by atoms with E-state index >= 15 is 0 Å². The van der Waals surface area contributed by atoms with E-state index < -0.39 is 29.7 Å². The summed E-state index contributed by atoms with van der Waals surface area (Å²) < 4.78 is 6.56. The second kappa shape index (κ2) is 4.30. The highest BCUT2D eigenvalue weighted by Crippen LogP contribution is 2.28. The maximum atomic E-state index is 11.9. The molecule has 1 aliphatic heterocycles. The lowest BCUT2D eigenvalue weighted by atomic mass is 10.2. The van der Waals surface area contributed by atoms with Gasteiger partial charge in [-0.05, 0) is 0 Å². The van der Waals surface area contributed by atoms with Crippen LogP contribution in [0.5, 0.6) is 0 Å². The Hall–Kier alpha value is -1.97. The van der Waals surface area contributed by atoms with Crippen LogP contribution in [-0.4, -0.2) is 48.5 Å². The number of rotatable bonds is 2. The molecule has 0 bridgehead atoms. The maximum absolute atomic E-state index is 11.9. The Kier molecular flexibility index (Phi) is 2.73. The number of fused-ring (bicyclic) bond motifs is 1. The van der Waals surface area contributed by atoms with Crippen LogP contribution in [0.2, 0.25) is 0 Å². The van der Waals surface area contributed by atoms with Gasteiger partial charge in [-0.15, -0.1) is 0 Å². The Labute approximate surface area is 105 Å². The van der Waals surface area contributed by atoms with Crippen LogP contribution >= 0.6 is 0 Å². The topological polar surface area (TPSA) is 133 Å². The van der Waals surface area contributed by atoms with Gasteiger partial charge in [0, 0.05) is 6.42 Å². The minimum absolute atomic E-state index is 0.0537. The molecule has 1 saturated heterocycles. The summed E-state index contributed by atoms with van der Waals surface area (Å²) in [4.78, 5) is 32.1. The monoisotopic (exact) mass is 268 g/mol. The number of ether oxygens (including phenoxy) is 1. The van der Waals surface area contributed by atoms with Crippen molar-refractivity contribution in [3.63, 3.8) is 0 Å². The molecule has 1 aliphatic rings. The van der Waals surface area contributed by atoms with Crippen molar-refractivity contribution in [2.24, 2.45) is 0 Å². The first kappa shape index (κ1) is 12.1. The highest BCUT2D eigenvalue weighted by atomic mass is 16.5. The van der Waals surface area contributed by atoms with E-state index in [2.05, 4.69) is 15.0 Å². The highest BCUT2D eigenvalue weighted by Gasteiger charge is 2.36. The van der Waals surface area contributed by atoms with Gasteiger partial charge in [0.15, 0.2) is 11.2 Å². The average molecular weight is 268 g/mol. The van der Waals surface area contributed by atoms with Gasteiger partial charge in [-0.2, -0.15) is 0 Å². The van der Waals surface area contributed by atoms with Gasteiger partial charge in [0.1, 0.15) is 12.3 Å². The van der Waals surface area contributed by atoms with Crippen LogP contribution in [-0.2, 0) is 4.74 Å². The molecular weight excluding hydrogens is 256 g/mol. The molecule has 102 valence electrons. The molecule has 9 nitrogen and oxygen atoms in total. The maximum Gasteiger partial charge on any atom is 0.329 e. The first-order valence-corrected chi connectivity index (χ1v) is 5.74. The molecule has 3 atom stereocenters. The summed E-state index contributed by atoms with van der Waals surface area (Å²) >= 11 is 0. The van der Waals surface area contributed by atoms with E-state index in [-0.39, 0.29) is 24.2 Å². The van der Waals surface area contributed by atoms with Gasteiger partial charge in [-0.3, -0.25) is 9.78 Å². The quantitative estimate of drug-likeness (QED) is 0.500. The van der Waals surface area contributed by atoms with Crippen molar-refractivity contribution in [1.82, 2.24) is 19.5 Å². The van der Waals surface area contributed by atoms with E-state index in [1.165, 1.54) is 10.9 Å². The molecule has 0 amide bonds. The van der Waals surface area contributed by atoms with E-state index in [1.54, 1.807) is 0 Å². The number of H-pyrrole nitrogens is 2. The van der Waals surface area contributed by atoms with E-state index in [4.69, 9.17) is 9.84 Å². The fourth-order valence-corrected chi connectivity index (χ4v) is 2.25. The third kappa shape index (κ3) is 1.79. The predicted octanol–water partition coefficient (Wildman–Crippen LogP) is -1.95. The molecule has 19 heavy (non-hydrogen) atoms. The lowest BCUT2D eigenvalue weighted by molar-refractivity contribution is -0.0441. The molecule has 0 spiro atoms. The van der Waals surface area contributed by atoms with Crippen LogP contribution in [0.3, 0.4) is 0 Å². The summed E-state index contributed by atoms with van der Waals surface area (Å²) in [5.74, 6) is 0. The summed E-state index contributed by atoms with van der Waals surface area (Å²) in [6.07, 6.45) is -1.05. The zero-order valence-electron chi connectivity index (χ0n) is 9.74. The number of aliphatic hydroxyl groups is 2. The summed E-state index contributed by atoms with van der Waals surface area (Å²) in [5.41, 5.74) is -0.796. The number of imidazole rings is 1. The Bertz CT molecular complexity index is 717. The zero-order valence-corrected chi connectivity index (χ0v) is 9.74. The zero-order chi connectivity index (χ0) is 13.6. The largest absolute Gasteiger partial charge is 0.394 e. The van der Waals surface area contributed by atoms with E-state index in [0.717, 1.165) is 0 Å². The van der Waals surface area contributed by atoms with Crippen LogP contribution < -0.4 is 11.2 Å². The first-order valence-electron chi connectivity index (χ1n) is 5.74. The van der Waals surface area contributed by atoms with Crippen molar-refractivity contribution in [3.8, 4) is 0 Å². The molecule has 0 radical (unpaired) electrons. The molecule has 2 aromatic rings. The smallest absolute Gasteiger partial charge is 0.329 e. The third-order valence-corrected chi connectivity index (χ3v) is 3.18. The molecule has 2 unspecified atom stereocenters. The lowest BCUT2D eigenvalue weighted by Crippen LogP contribution is -2.25. The second-order valence-electron chi connectivity index (χ2n) is 4.35. The number of aromatic nitrogens is 4. The number of hydrogen-bond acceptors (Lipinski definition) is 6. The van der Waals surface area contributed by atoms with E-state index in [1.807, 2.05) is 0 Å². The Morgan fingerprint density at radius 1 is 1.53 bits per heavy atom. The lowest BCUT2D eigenvalue weighted by Gasteiger charge is -2.12. The normalized spacial score (nSPS) is 27.2. The molecule has 3 rings (SSSR count). The number of hydrogen-bond donors (Lipinski definition) is 4. The van der Waals surface area contributed by atoms with Gasteiger partial charge < -0.3 is 19.9 Å². The van der Waals surface area contributed by atoms with Crippen molar-refractivity contribution >= 4 is 11.2 Å². The summed E-state index contributed by atoms with van der Waals surface area (Å²) in [6.45, 7) is -0.344. The van der Waals surface area contributed by atoms with Crippen molar-refractivity contribution < 1.29 is 14.9 Å². The molecular formula is C10H12N4O5. The molecule has 1 fully saturated rings. The SMILES string of the molecule is O=c1[nH]cnc2c1[nH]c(=O)n2C1C[C@@H](O)C(CO)O1. The molecule has 9 heteroatoms. The number of aromatic amines is 2. The molecule has 0 saturated carbocycles. The summed E-state index contributed by atoms with van der Waals surface area (Å²) in [7, 11) is 0. The van der Waals surface area contributed by atoms with E-state index in [9.17, 15) is 14.7 Å². The molecule has 4 N–H and O–H groups in total. The van der Waals surface area contributed by atoms with Crippen LogP contribution in [0.25, 0.3) is 11.2 Å². The minimum Gasteiger partial charge on any atom is -0.394 e. The number of nitrogens with zero attached hydrogens (tertiary/aromatic N) is 2. The van der Waals surface area contributed by atoms with Gasteiger partial charge in [-0.1, -0.05) is 0 Å². The van der Waals surface area contributed by atoms with Crippen LogP contribution in [0.1, 0.15) is 12.6 Å². The van der Waals surface area contributed by atoms with E-state index in [0.29, 0.717) is 0 Å². The van der Waals surface area contributed by atoms with Crippen LogP contribution in [0.15, 0.2) is 15.9 Å². The van der Waals surface area contributed by atoms with Gasteiger partial charge in [0.05, 0.1) is 19.0 Å². The highest BCUT2D eigenvalue weighted by molar-refractivity contribution is 5.68. The Balaban J connectivity index is 2.12. The molecule has 0 aromatic carbocycles. The van der Waals surface area contributed by atoms with Crippen molar-refractivity contribution in [1.29, 1.82) is 0 Å². The van der Waals surface area contributed by atoms with Crippen molar-refractivity contribution in [3.05, 3.63) is 27.2 Å². The Morgan fingerprint density at radius 2 is 2.32 bits per heavy atom. The molecule has 2 aromatic heterocycles. The Morgan fingerprint density at radius 3 is 3.00 bits per heavy atom. The van der Waals surface area contributed by atoms with Crippen LogP contribution in [0.4, 0.5) is 0 Å². The standard InChI is InChI=1S/C10H12N4O5/c15-2-5-4(16)1-6(19-5)14-8-7(13-10(14)18)9(17)12-3-11-8/h3-6,15-16H,1-2H2,(H,13,18)(H,11,12,17)/t4-,5?,6?/m1/s1. The number of nitrogens with one attached hydrogen (secondary N) is 2. The fourth-order valence-electron chi connectivity index (χ4n) is 2.25. The van der Waals surface area contributed by atoms with Crippen molar-refractivity contribution in [2.45, 2.75) is 24.9 Å². The third-order valence-electron chi connectivity index (χ3n) is 3.18. The predicted molar refractivity (Wildman–Crippen MR) is 62.6 cm³/mol. The van der Waals surface area contributed by atoms with Gasteiger partial charge >= 0.3 is 5.69 Å². The van der Waals surface area contributed by atoms with Crippen molar-refractivity contribution in [2.75, 3.05) is 6.61 Å². The van der Waals surface area contributed by atoms with Crippen LogP contribution in [0, 0.1) is 0 Å². The fraction of sp³-hybridized carbons (Fsp3) is 0.500. The number of aliphatic hydroxyl groups excluding tert-OH is 2. The molecule has 0 aliphatic carbocycles. The summed E-state index contributed by atoms with van der Waals surface area (Å²) in [5, 5.41) is 18.7. The van der Waals surface area contributed by atoms with Gasteiger partial charge in [0.25, 0.3) is 5.56 Å².